The number of hydrogen-bond acceptors (Lipinski definition) is 13. The van der Waals surface area contributed by atoms with E-state index in [1.807, 2.05) is 0 Å². The third kappa shape index (κ3) is 7.11. The molecular weight excluding hydrogens is 545 g/mol. The SMILES string of the molecule is CC(=O)OCC1=C(C(=O)OC(C)(C)C)N2C(=O)[C@H](NC(=O)C(=NOP(C)(C)=O)c3csc(N)n3)[C@H]2SC1. The van der Waals surface area contributed by atoms with Crippen molar-refractivity contribution in [3.05, 3.63) is 22.3 Å². The molecule has 0 unspecified atom stereocenters. The van der Waals surface area contributed by atoms with Crippen molar-refractivity contribution in [1.82, 2.24) is 15.2 Å². The van der Waals surface area contributed by atoms with Crippen molar-refractivity contribution in [1.29, 1.82) is 0 Å². The molecule has 1 aromatic rings. The number of nitrogens with zero attached hydrogens (tertiary/aromatic N) is 3. The van der Waals surface area contributed by atoms with E-state index in [0.717, 1.165) is 11.3 Å². The Morgan fingerprint density at radius 3 is 2.54 bits per heavy atom. The number of fused-ring (bicyclic) bond motifs is 1. The van der Waals surface area contributed by atoms with Crippen LogP contribution in [0, 0.1) is 0 Å². The minimum absolute atomic E-state index is 0.0159. The van der Waals surface area contributed by atoms with Gasteiger partial charge in [-0.2, -0.15) is 0 Å². The number of hydrogen-bond donors (Lipinski definition) is 2. The van der Waals surface area contributed by atoms with E-state index in [4.69, 9.17) is 19.8 Å². The number of nitrogen functional groups attached to an aromatic ring is 1. The Morgan fingerprint density at radius 1 is 1.32 bits per heavy atom. The van der Waals surface area contributed by atoms with Crippen LogP contribution in [-0.4, -0.2) is 82.1 Å². The van der Waals surface area contributed by atoms with Crippen LogP contribution in [0.2, 0.25) is 0 Å². The van der Waals surface area contributed by atoms with Gasteiger partial charge in [0.25, 0.3) is 19.2 Å². The van der Waals surface area contributed by atoms with E-state index in [1.54, 1.807) is 20.8 Å². The molecule has 2 aliphatic rings. The van der Waals surface area contributed by atoms with Crippen LogP contribution in [0.3, 0.4) is 0 Å². The molecule has 3 heterocycles. The van der Waals surface area contributed by atoms with Crippen LogP contribution in [-0.2, 0) is 37.8 Å². The fraction of sp³-hybridized carbons (Fsp3) is 0.524. The Hall–Kier alpha value is -2.90. The molecule has 2 aliphatic heterocycles. The molecule has 0 bridgehead atoms. The van der Waals surface area contributed by atoms with Crippen molar-refractivity contribution >= 4 is 65.1 Å². The number of rotatable bonds is 8. The van der Waals surface area contributed by atoms with Crippen molar-refractivity contribution in [2.24, 2.45) is 5.16 Å². The fourth-order valence-corrected chi connectivity index (χ4v) is 5.40. The first kappa shape index (κ1) is 28.7. The molecule has 3 N–H and O–H groups in total. The molecule has 16 heteroatoms. The Morgan fingerprint density at radius 2 is 2.00 bits per heavy atom. The molecule has 1 aromatic heterocycles. The van der Waals surface area contributed by atoms with Gasteiger partial charge in [-0.3, -0.25) is 23.8 Å². The van der Waals surface area contributed by atoms with Gasteiger partial charge in [-0.15, -0.1) is 23.1 Å². The number of ether oxygens (including phenoxy) is 2. The summed E-state index contributed by atoms with van der Waals surface area (Å²) in [7, 11) is -3.09. The fourth-order valence-electron chi connectivity index (χ4n) is 3.25. The molecule has 0 saturated carbocycles. The first-order chi connectivity index (χ1) is 17.1. The zero-order valence-electron chi connectivity index (χ0n) is 21.1. The standard InChI is InChI=1S/C21H28N5O8PS2/c1-10(27)32-7-11-8-36-18-14(17(29)26(18)15(11)19(30)33-21(2,3)4)24-16(28)13(25-34-35(5,6)31)12-9-37-20(22)23-12/h9,14,18H,7-8H2,1-6H3,(H2,22,23)(H,24,28)/t14-,18+/m0/s1. The summed E-state index contributed by atoms with van der Waals surface area (Å²) in [6, 6.07) is -1.01. The molecule has 13 nitrogen and oxygen atoms in total. The lowest BCUT2D eigenvalue weighted by atomic mass is 10.0. The lowest BCUT2D eigenvalue weighted by Gasteiger charge is -2.49. The number of β-lactam (4-membered cyclic amide) rings is 1. The first-order valence-corrected chi connectivity index (χ1v) is 15.4. The number of thiazole rings is 1. The van der Waals surface area contributed by atoms with Crippen LogP contribution in [0.5, 0.6) is 0 Å². The third-order valence-electron chi connectivity index (χ3n) is 4.68. The molecule has 0 spiro atoms. The zero-order chi connectivity index (χ0) is 27.7. The average Bonchev–Trinajstić information content (AvgIpc) is 3.19. The van der Waals surface area contributed by atoms with Gasteiger partial charge < -0.3 is 25.1 Å². The van der Waals surface area contributed by atoms with Gasteiger partial charge in [-0.25, -0.2) is 9.78 Å². The molecule has 37 heavy (non-hydrogen) atoms. The van der Waals surface area contributed by atoms with Gasteiger partial charge in [0.05, 0.1) is 0 Å². The van der Waals surface area contributed by atoms with Crippen molar-refractivity contribution < 1.29 is 37.8 Å². The second kappa shape index (κ2) is 10.8. The number of carbonyl (C=O) groups is 4. The molecule has 0 radical (unpaired) electrons. The highest BCUT2D eigenvalue weighted by molar-refractivity contribution is 8.00. The number of amides is 2. The van der Waals surface area contributed by atoms with Crippen LogP contribution in [0.1, 0.15) is 33.4 Å². The summed E-state index contributed by atoms with van der Waals surface area (Å²) in [6.07, 6.45) is 0. The number of anilines is 1. The quantitative estimate of drug-likeness (QED) is 0.151. The van der Waals surface area contributed by atoms with Gasteiger partial charge in [0.2, 0.25) is 0 Å². The molecule has 2 atom stereocenters. The van der Waals surface area contributed by atoms with Crippen molar-refractivity contribution in [3.8, 4) is 0 Å². The molecule has 3 rings (SSSR count). The van der Waals surface area contributed by atoms with Gasteiger partial charge >= 0.3 is 11.9 Å². The normalized spacial score (nSPS) is 20.1. The van der Waals surface area contributed by atoms with E-state index < -0.39 is 48.1 Å². The molecule has 1 fully saturated rings. The topological polar surface area (TPSA) is 180 Å². The summed E-state index contributed by atoms with van der Waals surface area (Å²) < 4.78 is 27.5. The predicted molar refractivity (Wildman–Crippen MR) is 138 cm³/mol. The minimum Gasteiger partial charge on any atom is -0.461 e. The number of esters is 2. The van der Waals surface area contributed by atoms with E-state index in [9.17, 15) is 23.7 Å². The number of carbonyl (C=O) groups excluding carboxylic acids is 4. The maximum Gasteiger partial charge on any atom is 0.355 e. The van der Waals surface area contributed by atoms with E-state index in [2.05, 4.69) is 15.5 Å². The van der Waals surface area contributed by atoms with Crippen LogP contribution < -0.4 is 11.1 Å². The van der Waals surface area contributed by atoms with Crippen molar-refractivity contribution in [3.63, 3.8) is 0 Å². The lowest BCUT2D eigenvalue weighted by molar-refractivity contribution is -0.159. The predicted octanol–water partition coefficient (Wildman–Crippen LogP) is 1.54. The zero-order valence-corrected chi connectivity index (χ0v) is 23.6. The molecule has 202 valence electrons. The van der Waals surface area contributed by atoms with Gasteiger partial charge in [0, 0.05) is 37.0 Å². The van der Waals surface area contributed by atoms with Crippen molar-refractivity contribution in [2.45, 2.75) is 44.7 Å². The highest BCUT2D eigenvalue weighted by atomic mass is 32.2. The summed E-state index contributed by atoms with van der Waals surface area (Å²) in [5, 5.41) is 7.33. The Balaban J connectivity index is 1.85. The average molecular weight is 574 g/mol. The number of nitrogens with two attached hydrogens (primary N) is 1. The minimum atomic E-state index is -3.09. The third-order valence-corrected chi connectivity index (χ3v) is 7.17. The molecule has 0 aliphatic carbocycles. The van der Waals surface area contributed by atoms with Gasteiger partial charge in [0.1, 0.15) is 35.0 Å². The number of oxime groups is 1. The number of aromatic nitrogens is 1. The summed E-state index contributed by atoms with van der Waals surface area (Å²) in [5.41, 5.74) is 5.02. The summed E-state index contributed by atoms with van der Waals surface area (Å²) >= 11 is 2.34. The number of nitrogens with one attached hydrogen (secondary N) is 1. The largest absolute Gasteiger partial charge is 0.461 e. The van der Waals surface area contributed by atoms with Crippen LogP contribution in [0.15, 0.2) is 21.8 Å². The Bertz CT molecular complexity index is 1230. The van der Waals surface area contributed by atoms with E-state index >= 15 is 0 Å². The molecular formula is C21H28N5O8PS2. The van der Waals surface area contributed by atoms with Crippen LogP contribution in [0.4, 0.5) is 5.13 Å². The van der Waals surface area contributed by atoms with Gasteiger partial charge in [-0.05, 0) is 20.8 Å². The maximum atomic E-state index is 13.2. The summed E-state index contributed by atoms with van der Waals surface area (Å²) in [6.45, 7) is 8.77. The second-order valence-electron chi connectivity index (χ2n) is 9.44. The van der Waals surface area contributed by atoms with Crippen molar-refractivity contribution in [2.75, 3.05) is 31.4 Å². The molecule has 2 amide bonds. The summed E-state index contributed by atoms with van der Waals surface area (Å²) in [4.78, 5) is 55.9. The van der Waals surface area contributed by atoms with Crippen LogP contribution in [0.25, 0.3) is 0 Å². The lowest BCUT2D eigenvalue weighted by Crippen LogP contribution is -2.71. The molecule has 1 saturated heterocycles. The number of thioether (sulfide) groups is 1. The Labute approximate surface area is 221 Å². The monoisotopic (exact) mass is 573 g/mol. The van der Waals surface area contributed by atoms with Gasteiger partial charge in [-0.1, -0.05) is 5.16 Å². The highest BCUT2D eigenvalue weighted by Gasteiger charge is 2.55. The smallest absolute Gasteiger partial charge is 0.355 e. The summed E-state index contributed by atoms with van der Waals surface area (Å²) in [5.74, 6) is -2.39. The van der Waals surface area contributed by atoms with E-state index in [1.165, 1.54) is 42.3 Å². The van der Waals surface area contributed by atoms with Gasteiger partial charge in [0.15, 0.2) is 10.8 Å². The maximum absolute atomic E-state index is 13.2. The Kier molecular flexibility index (Phi) is 8.40. The first-order valence-electron chi connectivity index (χ1n) is 10.9. The highest BCUT2D eigenvalue weighted by Crippen LogP contribution is 2.41. The van der Waals surface area contributed by atoms with E-state index in [0.29, 0.717) is 5.57 Å². The molecule has 0 aromatic carbocycles. The van der Waals surface area contributed by atoms with E-state index in [-0.39, 0.29) is 34.6 Å². The second-order valence-corrected chi connectivity index (χ2v) is 14.1. The van der Waals surface area contributed by atoms with Crippen LogP contribution >= 0.6 is 30.5 Å².